The van der Waals surface area contributed by atoms with Crippen LogP contribution in [-0.2, 0) is 0 Å². The maximum atomic E-state index is 6.18. The predicted octanol–water partition coefficient (Wildman–Crippen LogP) is 15.1. The molecule has 3 aliphatic heterocycles. The van der Waals surface area contributed by atoms with Crippen LogP contribution in [0.15, 0.2) is 190 Å². The van der Waals surface area contributed by atoms with Crippen LogP contribution in [0.2, 0.25) is 0 Å². The van der Waals surface area contributed by atoms with E-state index in [1.807, 2.05) is 11.3 Å². The molecule has 0 bridgehead atoms. The van der Waals surface area contributed by atoms with Crippen molar-refractivity contribution in [2.24, 2.45) is 22.7 Å². The Balaban J connectivity index is 1.06. The van der Waals surface area contributed by atoms with E-state index in [1.165, 1.54) is 115 Å². The average molecular weight is 840 g/mol. The molecule has 0 radical (unpaired) electrons. The number of nitrogens with zero attached hydrogens (tertiary/aromatic N) is 2. The molecule has 1 N–H and O–H groups in total. The van der Waals surface area contributed by atoms with Crippen LogP contribution in [0.1, 0.15) is 101 Å². The minimum atomic E-state index is -0.162. The number of anilines is 1. The van der Waals surface area contributed by atoms with Gasteiger partial charge in [0.1, 0.15) is 6.17 Å². The number of nitrogens with one attached hydrogen (secondary N) is 1. The fourth-order valence-electron chi connectivity index (χ4n) is 12.1. The van der Waals surface area contributed by atoms with Gasteiger partial charge in [0.25, 0.3) is 0 Å². The number of benzene rings is 3. The summed E-state index contributed by atoms with van der Waals surface area (Å²) in [7, 11) is 0. The quantitative estimate of drug-likeness (QED) is 0.148. The number of hydrogen-bond acceptors (Lipinski definition) is 4. The molecule has 1 aromatic heterocycles. The highest BCUT2D eigenvalue weighted by Crippen LogP contribution is 2.56. The topological polar surface area (TPSA) is 27.6 Å². The van der Waals surface area contributed by atoms with E-state index in [0.717, 1.165) is 44.2 Å². The maximum Gasteiger partial charge on any atom is 0.148 e. The third-order valence-electron chi connectivity index (χ3n) is 15.3. The first kappa shape index (κ1) is 39.0. The van der Waals surface area contributed by atoms with Crippen molar-refractivity contribution in [1.82, 2.24) is 5.32 Å². The highest BCUT2D eigenvalue weighted by molar-refractivity contribution is 7.26. The molecule has 0 saturated heterocycles. The van der Waals surface area contributed by atoms with Gasteiger partial charge >= 0.3 is 0 Å². The lowest BCUT2D eigenvalue weighted by molar-refractivity contribution is 0.364. The smallest absolute Gasteiger partial charge is 0.148 e. The molecule has 3 aromatic carbocycles. The van der Waals surface area contributed by atoms with Crippen molar-refractivity contribution in [2.75, 3.05) is 4.90 Å². The molecule has 12 rings (SSSR count). The summed E-state index contributed by atoms with van der Waals surface area (Å²) in [5.41, 5.74) is 20.5. The number of rotatable bonds is 7. The van der Waals surface area contributed by atoms with E-state index in [9.17, 15) is 0 Å². The molecule has 3 nitrogen and oxygen atoms in total. The highest BCUT2D eigenvalue weighted by atomic mass is 32.1. The summed E-state index contributed by atoms with van der Waals surface area (Å²) in [6, 6.07) is 25.1. The Bertz CT molecular complexity index is 2910. The van der Waals surface area contributed by atoms with Gasteiger partial charge in [0.15, 0.2) is 0 Å². The van der Waals surface area contributed by atoms with Crippen LogP contribution in [0.5, 0.6) is 0 Å². The second kappa shape index (κ2) is 16.5. The third-order valence-corrected chi connectivity index (χ3v) is 16.5. The molecule has 8 aliphatic rings. The minimum Gasteiger partial charge on any atom is -0.375 e. The second-order valence-corrected chi connectivity index (χ2v) is 20.1. The van der Waals surface area contributed by atoms with Crippen molar-refractivity contribution >= 4 is 48.6 Å². The molecule has 314 valence electrons. The number of hydrogen-bond donors (Lipinski definition) is 1. The Morgan fingerprint density at radius 1 is 0.794 bits per heavy atom. The Kier molecular flexibility index (Phi) is 10.2. The summed E-state index contributed by atoms with van der Waals surface area (Å²) in [6.07, 6.45) is 42.9. The summed E-state index contributed by atoms with van der Waals surface area (Å²) in [5.74, 6) is 1.14. The molecular formula is C59H57N3S. The summed E-state index contributed by atoms with van der Waals surface area (Å²) < 4.78 is 2.75. The van der Waals surface area contributed by atoms with Gasteiger partial charge in [0.05, 0.1) is 16.1 Å². The van der Waals surface area contributed by atoms with Gasteiger partial charge < -0.3 is 10.2 Å². The molecule has 0 spiro atoms. The van der Waals surface area contributed by atoms with Gasteiger partial charge in [0.2, 0.25) is 0 Å². The van der Waals surface area contributed by atoms with E-state index in [0.29, 0.717) is 11.8 Å². The number of thiophene rings is 1. The first-order chi connectivity index (χ1) is 31.2. The molecule has 63 heavy (non-hydrogen) atoms. The van der Waals surface area contributed by atoms with E-state index in [4.69, 9.17) is 4.99 Å². The molecular weight excluding hydrogens is 783 g/mol. The zero-order valence-electron chi connectivity index (χ0n) is 36.5. The standard InChI is InChI=1S/C59H57N3S/c1-38-34-52(41-22-10-4-11-23-41)60-53(42-24-12-5-13-25-42)36-49(38)51-37-54(50-35-43(39-18-6-2-7-19-39)30-31-44(50)40-20-8-3-9-21-40)61-59(51)62-55-28-16-14-26-45(55)47-32-33-48-46-27-15-17-29-56(46)63-58(48)57(47)62/h4,6,10-12,14-20,22-24,27-33,37,42,45,49-50,53,59-60H,2-3,5,7-9,13,21,25-26,35-36H2,1H3/t42?,45?,49-,50?,53?,59?/m1/s1. The second-order valence-electron chi connectivity index (χ2n) is 19.0. The predicted molar refractivity (Wildman–Crippen MR) is 267 cm³/mol. The van der Waals surface area contributed by atoms with Crippen LogP contribution in [0, 0.1) is 17.8 Å². The van der Waals surface area contributed by atoms with Crippen molar-refractivity contribution in [3.63, 3.8) is 0 Å². The molecule has 0 saturated carbocycles. The maximum absolute atomic E-state index is 6.18. The SMILES string of the molecule is CC1=C=C(c2ccccc2)NC(C2C=CCCC2)C[C@H]1C1=CC(C2CC(C3=CCCC=C3)=CC=C2C2=CCCCC2)=NC1N1C2=CC=CCC2c2ccc3c(sc4ccccc43)c21. The summed E-state index contributed by atoms with van der Waals surface area (Å²) in [5, 5.41) is 6.85. The zero-order valence-corrected chi connectivity index (χ0v) is 37.3. The van der Waals surface area contributed by atoms with Crippen molar-refractivity contribution < 1.29 is 0 Å². The fraction of sp³-hybridized carbons (Fsp3) is 0.322. The summed E-state index contributed by atoms with van der Waals surface area (Å²) >= 11 is 1.96. The molecule has 0 amide bonds. The molecule has 4 aromatic rings. The normalized spacial score (nSPS) is 27.8. The van der Waals surface area contributed by atoms with Crippen molar-refractivity contribution in [3.8, 4) is 0 Å². The van der Waals surface area contributed by atoms with E-state index in [-0.39, 0.29) is 24.0 Å². The average Bonchev–Trinajstić information content (AvgIpc) is 4.02. The van der Waals surface area contributed by atoms with Crippen molar-refractivity contribution in [1.29, 1.82) is 0 Å². The molecule has 6 atom stereocenters. The monoisotopic (exact) mass is 839 g/mol. The Morgan fingerprint density at radius 2 is 1.71 bits per heavy atom. The van der Waals surface area contributed by atoms with Gasteiger partial charge in [-0.1, -0.05) is 127 Å². The van der Waals surface area contributed by atoms with Crippen LogP contribution in [0.3, 0.4) is 0 Å². The van der Waals surface area contributed by atoms with Crippen molar-refractivity contribution in [2.45, 2.75) is 102 Å². The van der Waals surface area contributed by atoms with E-state index < -0.39 is 0 Å². The van der Waals surface area contributed by atoms with Crippen LogP contribution in [0.4, 0.5) is 5.69 Å². The van der Waals surface area contributed by atoms with Crippen LogP contribution >= 0.6 is 11.3 Å². The first-order valence-electron chi connectivity index (χ1n) is 24.0. The lowest BCUT2D eigenvalue weighted by Gasteiger charge is -2.35. The van der Waals surface area contributed by atoms with Crippen LogP contribution in [-0.4, -0.2) is 17.9 Å². The van der Waals surface area contributed by atoms with Gasteiger partial charge in [-0.25, -0.2) is 0 Å². The molecule has 0 fully saturated rings. The number of aliphatic imine (C=N–C) groups is 1. The Labute approximate surface area is 377 Å². The highest BCUT2D eigenvalue weighted by Gasteiger charge is 2.45. The van der Waals surface area contributed by atoms with Gasteiger partial charge in [-0.05, 0) is 147 Å². The van der Waals surface area contributed by atoms with E-state index >= 15 is 0 Å². The van der Waals surface area contributed by atoms with Crippen molar-refractivity contribution in [3.05, 3.63) is 196 Å². The van der Waals surface area contributed by atoms with E-state index in [1.54, 1.807) is 5.57 Å². The van der Waals surface area contributed by atoms with Gasteiger partial charge in [-0.2, -0.15) is 0 Å². The Hall–Kier alpha value is -5.67. The lowest BCUT2D eigenvalue weighted by Crippen LogP contribution is -2.39. The summed E-state index contributed by atoms with van der Waals surface area (Å²) in [6.45, 7) is 2.36. The fourth-order valence-corrected chi connectivity index (χ4v) is 13.4. The number of allylic oxidation sites excluding steroid dienone is 17. The molecule has 4 heteroatoms. The molecule has 4 heterocycles. The van der Waals surface area contributed by atoms with Gasteiger partial charge in [0, 0.05) is 56.2 Å². The molecule has 5 unspecified atom stereocenters. The van der Waals surface area contributed by atoms with Gasteiger partial charge in [-0.15, -0.1) is 11.3 Å². The molecule has 5 aliphatic carbocycles. The van der Waals surface area contributed by atoms with Crippen LogP contribution < -0.4 is 10.2 Å². The third kappa shape index (κ3) is 6.98. The number of fused-ring (bicyclic) bond motifs is 7. The zero-order chi connectivity index (χ0) is 41.9. The summed E-state index contributed by atoms with van der Waals surface area (Å²) in [4.78, 5) is 8.91. The van der Waals surface area contributed by atoms with E-state index in [2.05, 4.69) is 163 Å². The minimum absolute atomic E-state index is 0.162. The first-order valence-corrected chi connectivity index (χ1v) is 24.8. The Morgan fingerprint density at radius 3 is 2.57 bits per heavy atom. The van der Waals surface area contributed by atoms with Gasteiger partial charge in [-0.3, -0.25) is 4.99 Å². The van der Waals surface area contributed by atoms with Crippen LogP contribution in [0.25, 0.3) is 25.9 Å². The largest absolute Gasteiger partial charge is 0.375 e. The lowest BCUT2D eigenvalue weighted by atomic mass is 9.75.